The van der Waals surface area contributed by atoms with Crippen molar-refractivity contribution in [1.29, 1.82) is 0 Å². The van der Waals surface area contributed by atoms with Gasteiger partial charge in [-0.15, -0.1) is 0 Å². The second-order valence-electron chi connectivity index (χ2n) is 6.45. The fraction of sp³-hybridized carbons (Fsp3) is 0.667. The maximum Gasteiger partial charge on any atom is 0.0111 e. The number of hydrogen-bond donors (Lipinski definition) is 2. The molecule has 20 heavy (non-hydrogen) atoms. The zero-order chi connectivity index (χ0) is 13.6. The van der Waals surface area contributed by atoms with Gasteiger partial charge in [-0.25, -0.2) is 0 Å². The number of rotatable bonds is 5. The van der Waals surface area contributed by atoms with E-state index in [-0.39, 0.29) is 0 Å². The van der Waals surface area contributed by atoms with Gasteiger partial charge in [-0.2, -0.15) is 0 Å². The Morgan fingerprint density at radius 3 is 2.65 bits per heavy atom. The lowest BCUT2D eigenvalue weighted by atomic mass is 9.79. The van der Waals surface area contributed by atoms with Crippen LogP contribution >= 0.6 is 0 Å². The van der Waals surface area contributed by atoms with Crippen LogP contribution in [0.25, 0.3) is 0 Å². The smallest absolute Gasteiger partial charge is 0.0111 e. The second kappa shape index (κ2) is 7.24. The molecule has 3 atom stereocenters. The summed E-state index contributed by atoms with van der Waals surface area (Å²) >= 11 is 0. The van der Waals surface area contributed by atoms with E-state index in [1.807, 2.05) is 0 Å². The summed E-state index contributed by atoms with van der Waals surface area (Å²) in [5.74, 6) is 0.863. The monoisotopic (exact) mass is 272 g/mol. The van der Waals surface area contributed by atoms with Gasteiger partial charge in [0.05, 0.1) is 0 Å². The highest BCUT2D eigenvalue weighted by atomic mass is 15.0. The van der Waals surface area contributed by atoms with Crippen molar-refractivity contribution in [1.82, 2.24) is 10.6 Å². The molecule has 0 aromatic heterocycles. The molecular weight excluding hydrogens is 244 g/mol. The van der Waals surface area contributed by atoms with Crippen molar-refractivity contribution in [3.8, 4) is 0 Å². The highest BCUT2D eigenvalue weighted by molar-refractivity contribution is 5.14. The summed E-state index contributed by atoms with van der Waals surface area (Å²) in [4.78, 5) is 0. The molecule has 0 bridgehead atoms. The van der Waals surface area contributed by atoms with Gasteiger partial charge in [-0.05, 0) is 56.7 Å². The molecule has 1 saturated heterocycles. The fourth-order valence-electron chi connectivity index (χ4n) is 4.02. The summed E-state index contributed by atoms with van der Waals surface area (Å²) in [5.41, 5.74) is 1.45. The van der Waals surface area contributed by atoms with Gasteiger partial charge in [0.2, 0.25) is 0 Å². The van der Waals surface area contributed by atoms with E-state index in [1.54, 1.807) is 0 Å². The van der Waals surface area contributed by atoms with Gasteiger partial charge < -0.3 is 10.6 Å². The predicted molar refractivity (Wildman–Crippen MR) is 84.9 cm³/mol. The molecule has 1 aliphatic carbocycles. The molecule has 3 unspecified atom stereocenters. The van der Waals surface area contributed by atoms with Gasteiger partial charge in [0, 0.05) is 12.1 Å². The van der Waals surface area contributed by atoms with Crippen molar-refractivity contribution < 1.29 is 0 Å². The summed E-state index contributed by atoms with van der Waals surface area (Å²) < 4.78 is 0. The standard InChI is InChI=1S/C18H28N2/c1-2-7-15(8-3-1)12-14-20-17-10-5-4-9-16(17)18-11-6-13-19-18/h1-3,7-8,16-20H,4-6,9-14H2. The molecule has 1 aromatic rings. The van der Waals surface area contributed by atoms with Gasteiger partial charge in [0.15, 0.2) is 0 Å². The lowest BCUT2D eigenvalue weighted by Gasteiger charge is -2.36. The molecule has 2 N–H and O–H groups in total. The minimum absolute atomic E-state index is 0.739. The van der Waals surface area contributed by atoms with E-state index in [0.29, 0.717) is 0 Å². The van der Waals surface area contributed by atoms with Gasteiger partial charge in [0.1, 0.15) is 0 Å². The zero-order valence-electron chi connectivity index (χ0n) is 12.5. The van der Waals surface area contributed by atoms with E-state index in [1.165, 1.54) is 50.6 Å². The molecule has 1 saturated carbocycles. The highest BCUT2D eigenvalue weighted by Gasteiger charge is 2.32. The second-order valence-corrected chi connectivity index (χ2v) is 6.45. The Morgan fingerprint density at radius 1 is 1.00 bits per heavy atom. The third kappa shape index (κ3) is 3.62. The summed E-state index contributed by atoms with van der Waals surface area (Å²) in [6, 6.07) is 12.4. The zero-order valence-corrected chi connectivity index (χ0v) is 12.5. The van der Waals surface area contributed by atoms with E-state index < -0.39 is 0 Å². The maximum atomic E-state index is 3.86. The van der Waals surface area contributed by atoms with Gasteiger partial charge >= 0.3 is 0 Å². The molecule has 110 valence electrons. The van der Waals surface area contributed by atoms with Gasteiger partial charge in [-0.3, -0.25) is 0 Å². The number of nitrogens with one attached hydrogen (secondary N) is 2. The van der Waals surface area contributed by atoms with E-state index in [9.17, 15) is 0 Å². The minimum Gasteiger partial charge on any atom is -0.314 e. The molecule has 1 heterocycles. The number of benzene rings is 1. The van der Waals surface area contributed by atoms with Crippen LogP contribution in [0, 0.1) is 5.92 Å². The van der Waals surface area contributed by atoms with Crippen molar-refractivity contribution >= 4 is 0 Å². The normalized spacial score (nSPS) is 30.5. The number of hydrogen-bond acceptors (Lipinski definition) is 2. The topological polar surface area (TPSA) is 24.1 Å². The molecule has 0 radical (unpaired) electrons. The third-order valence-corrected chi connectivity index (χ3v) is 5.10. The molecule has 3 rings (SSSR count). The quantitative estimate of drug-likeness (QED) is 0.860. The van der Waals surface area contributed by atoms with E-state index in [4.69, 9.17) is 0 Å². The van der Waals surface area contributed by atoms with E-state index in [0.717, 1.165) is 31.0 Å². The maximum absolute atomic E-state index is 3.86. The van der Waals surface area contributed by atoms with Gasteiger partial charge in [0.25, 0.3) is 0 Å². The molecule has 2 nitrogen and oxygen atoms in total. The molecule has 2 heteroatoms. The molecule has 2 fully saturated rings. The van der Waals surface area contributed by atoms with Gasteiger partial charge in [-0.1, -0.05) is 43.2 Å². The lowest BCUT2D eigenvalue weighted by molar-refractivity contribution is 0.216. The first-order chi connectivity index (χ1) is 9.93. The molecule has 1 aliphatic heterocycles. The first kappa shape index (κ1) is 14.1. The van der Waals surface area contributed by atoms with Crippen LogP contribution in [0.2, 0.25) is 0 Å². The largest absolute Gasteiger partial charge is 0.314 e. The summed E-state index contributed by atoms with van der Waals surface area (Å²) in [5, 5.41) is 7.58. The van der Waals surface area contributed by atoms with Crippen molar-refractivity contribution in [2.45, 2.75) is 57.0 Å². The highest BCUT2D eigenvalue weighted by Crippen LogP contribution is 2.30. The Labute approximate surface area is 123 Å². The predicted octanol–water partition coefficient (Wildman–Crippen LogP) is 3.13. The Balaban J connectivity index is 1.49. The Morgan fingerprint density at radius 2 is 1.85 bits per heavy atom. The van der Waals surface area contributed by atoms with Crippen LogP contribution in [0.1, 0.15) is 44.1 Å². The average Bonchev–Trinajstić information content (AvgIpc) is 3.03. The lowest BCUT2D eigenvalue weighted by Crippen LogP contribution is -2.47. The van der Waals surface area contributed by atoms with Crippen molar-refractivity contribution in [3.05, 3.63) is 35.9 Å². The fourth-order valence-corrected chi connectivity index (χ4v) is 4.02. The van der Waals surface area contributed by atoms with Crippen LogP contribution in [0.5, 0.6) is 0 Å². The molecule has 2 aliphatic rings. The molecular formula is C18H28N2. The summed E-state index contributed by atoms with van der Waals surface area (Å²) in [6.45, 7) is 2.36. The average molecular weight is 272 g/mol. The Kier molecular flexibility index (Phi) is 5.10. The van der Waals surface area contributed by atoms with Crippen molar-refractivity contribution in [3.63, 3.8) is 0 Å². The van der Waals surface area contributed by atoms with Crippen LogP contribution in [-0.2, 0) is 6.42 Å². The van der Waals surface area contributed by atoms with E-state index >= 15 is 0 Å². The van der Waals surface area contributed by atoms with Crippen molar-refractivity contribution in [2.24, 2.45) is 5.92 Å². The molecule has 1 aromatic carbocycles. The third-order valence-electron chi connectivity index (χ3n) is 5.10. The first-order valence-electron chi connectivity index (χ1n) is 8.44. The molecule has 0 spiro atoms. The SMILES string of the molecule is c1ccc(CCNC2CCCCC2C2CCCN2)cc1. The molecule has 0 amide bonds. The van der Waals surface area contributed by atoms with Crippen LogP contribution in [-0.4, -0.2) is 25.2 Å². The minimum atomic E-state index is 0.739. The van der Waals surface area contributed by atoms with E-state index in [2.05, 4.69) is 41.0 Å². The Bertz CT molecular complexity index is 384. The summed E-state index contributed by atoms with van der Waals surface area (Å²) in [6.07, 6.45) is 9.55. The Hall–Kier alpha value is -0.860. The first-order valence-corrected chi connectivity index (χ1v) is 8.44. The summed E-state index contributed by atoms with van der Waals surface area (Å²) in [7, 11) is 0. The van der Waals surface area contributed by atoms with Crippen LogP contribution in [0.15, 0.2) is 30.3 Å². The van der Waals surface area contributed by atoms with Crippen molar-refractivity contribution in [2.75, 3.05) is 13.1 Å². The van der Waals surface area contributed by atoms with Crippen LogP contribution in [0.4, 0.5) is 0 Å². The van der Waals surface area contributed by atoms with Crippen LogP contribution in [0.3, 0.4) is 0 Å². The van der Waals surface area contributed by atoms with Crippen LogP contribution < -0.4 is 10.6 Å².